The van der Waals surface area contributed by atoms with Crippen molar-refractivity contribution in [1.29, 1.82) is 0 Å². The van der Waals surface area contributed by atoms with Gasteiger partial charge in [-0.3, -0.25) is 9.59 Å². The van der Waals surface area contributed by atoms with Gasteiger partial charge in [-0.2, -0.15) is 4.31 Å². The molecule has 0 unspecified atom stereocenters. The van der Waals surface area contributed by atoms with Crippen molar-refractivity contribution >= 4 is 38.3 Å². The largest absolute Gasteiger partial charge is 0.347 e. The Kier molecular flexibility index (Phi) is 6.53. The van der Waals surface area contributed by atoms with Crippen LogP contribution in [-0.4, -0.2) is 44.2 Å². The highest BCUT2D eigenvalue weighted by Gasteiger charge is 2.33. The van der Waals surface area contributed by atoms with Gasteiger partial charge in [-0.25, -0.2) is 8.42 Å². The smallest absolute Gasteiger partial charge is 0.243 e. The molecule has 1 aliphatic rings. The fourth-order valence-corrected chi connectivity index (χ4v) is 5.45. The number of amides is 2. The Bertz CT molecular complexity index is 1230. The van der Waals surface area contributed by atoms with Crippen LogP contribution in [0.1, 0.15) is 12.8 Å². The van der Waals surface area contributed by atoms with Gasteiger partial charge in [0.25, 0.3) is 0 Å². The van der Waals surface area contributed by atoms with Gasteiger partial charge in [0, 0.05) is 18.8 Å². The van der Waals surface area contributed by atoms with Gasteiger partial charge in [0.2, 0.25) is 21.8 Å². The number of hydrogen-bond acceptors (Lipinski definition) is 4. The quantitative estimate of drug-likeness (QED) is 0.602. The average molecular weight is 452 g/mol. The van der Waals surface area contributed by atoms with Crippen LogP contribution in [0, 0.1) is 5.92 Å². The van der Waals surface area contributed by atoms with Crippen LogP contribution in [0.3, 0.4) is 0 Å². The zero-order valence-electron chi connectivity index (χ0n) is 17.5. The van der Waals surface area contributed by atoms with Crippen LogP contribution < -0.4 is 10.6 Å². The zero-order valence-corrected chi connectivity index (χ0v) is 18.3. The molecule has 2 N–H and O–H groups in total. The first-order valence-electron chi connectivity index (χ1n) is 10.5. The van der Waals surface area contributed by atoms with Crippen molar-refractivity contribution in [3.05, 3.63) is 72.8 Å². The van der Waals surface area contributed by atoms with Crippen molar-refractivity contribution in [3.8, 4) is 0 Å². The molecule has 3 aromatic carbocycles. The Morgan fingerprint density at radius 2 is 1.66 bits per heavy atom. The van der Waals surface area contributed by atoms with Crippen LogP contribution >= 0.6 is 0 Å². The molecule has 8 heteroatoms. The van der Waals surface area contributed by atoms with E-state index in [4.69, 9.17) is 0 Å². The predicted octanol–water partition coefficient (Wildman–Crippen LogP) is 3.00. The highest BCUT2D eigenvalue weighted by atomic mass is 32.2. The van der Waals surface area contributed by atoms with E-state index in [1.165, 1.54) is 4.31 Å². The van der Waals surface area contributed by atoms with Gasteiger partial charge in [-0.1, -0.05) is 48.5 Å². The molecule has 32 heavy (non-hydrogen) atoms. The molecule has 166 valence electrons. The summed E-state index contributed by atoms with van der Waals surface area (Å²) in [5.41, 5.74) is 0.653. The molecule has 7 nitrogen and oxygen atoms in total. The first kappa shape index (κ1) is 22.0. The van der Waals surface area contributed by atoms with Crippen LogP contribution in [-0.2, 0) is 19.6 Å². The number of nitrogens with one attached hydrogen (secondary N) is 2. The van der Waals surface area contributed by atoms with E-state index >= 15 is 0 Å². The molecule has 0 saturated carbocycles. The second-order valence-corrected chi connectivity index (χ2v) is 9.78. The molecule has 0 aliphatic carbocycles. The first-order chi connectivity index (χ1) is 15.4. The van der Waals surface area contributed by atoms with Crippen molar-refractivity contribution in [3.63, 3.8) is 0 Å². The maximum atomic E-state index is 12.8. The number of rotatable bonds is 6. The van der Waals surface area contributed by atoms with Gasteiger partial charge < -0.3 is 10.6 Å². The molecular weight excluding hydrogens is 426 g/mol. The van der Waals surface area contributed by atoms with Crippen molar-refractivity contribution in [2.24, 2.45) is 5.92 Å². The van der Waals surface area contributed by atoms with E-state index in [0.717, 1.165) is 10.8 Å². The third-order valence-corrected chi connectivity index (χ3v) is 7.47. The SMILES string of the molecule is O=C(CNC(=O)[C@@H]1CCCN(S(=O)(=O)c2ccccc2)C1)Nc1ccc2ccccc2c1. The molecule has 1 atom stereocenters. The van der Waals surface area contributed by atoms with Gasteiger partial charge in [0.1, 0.15) is 0 Å². The molecule has 1 fully saturated rings. The fourth-order valence-electron chi connectivity index (χ4n) is 3.90. The number of fused-ring (bicyclic) bond motifs is 1. The number of piperidine rings is 1. The summed E-state index contributed by atoms with van der Waals surface area (Å²) in [7, 11) is -3.64. The van der Waals surface area contributed by atoms with Crippen LogP contribution in [0.25, 0.3) is 10.8 Å². The van der Waals surface area contributed by atoms with Crippen LogP contribution in [0.15, 0.2) is 77.7 Å². The van der Waals surface area contributed by atoms with E-state index in [9.17, 15) is 18.0 Å². The monoisotopic (exact) mass is 451 g/mol. The predicted molar refractivity (Wildman–Crippen MR) is 124 cm³/mol. The number of nitrogens with zero attached hydrogens (tertiary/aromatic N) is 1. The van der Waals surface area contributed by atoms with Crippen molar-refractivity contribution < 1.29 is 18.0 Å². The minimum absolute atomic E-state index is 0.107. The fraction of sp³-hybridized carbons (Fsp3) is 0.250. The topological polar surface area (TPSA) is 95.6 Å². The number of carbonyl (C=O) groups excluding carboxylic acids is 2. The highest BCUT2D eigenvalue weighted by molar-refractivity contribution is 7.89. The minimum atomic E-state index is -3.64. The van der Waals surface area contributed by atoms with E-state index in [1.807, 2.05) is 42.5 Å². The normalized spacial score (nSPS) is 17.1. The molecule has 0 bridgehead atoms. The third-order valence-electron chi connectivity index (χ3n) is 5.59. The molecule has 0 radical (unpaired) electrons. The van der Waals surface area contributed by atoms with Gasteiger partial charge in [-0.15, -0.1) is 0 Å². The standard InChI is InChI=1S/C24H25N3O4S/c28-23(26-21-13-12-18-7-4-5-8-19(18)15-21)16-25-24(29)20-9-6-14-27(17-20)32(30,31)22-10-2-1-3-11-22/h1-5,7-8,10-13,15,20H,6,9,14,16-17H2,(H,25,29)(H,26,28)/t20-/m1/s1. The summed E-state index contributed by atoms with van der Waals surface area (Å²) in [5.74, 6) is -1.14. The van der Waals surface area contributed by atoms with Gasteiger partial charge in [0.15, 0.2) is 0 Å². The number of benzene rings is 3. The lowest BCUT2D eigenvalue weighted by Gasteiger charge is -2.31. The highest BCUT2D eigenvalue weighted by Crippen LogP contribution is 2.24. The molecule has 2 amide bonds. The Morgan fingerprint density at radius 3 is 2.44 bits per heavy atom. The molecule has 0 aromatic heterocycles. The summed E-state index contributed by atoms with van der Waals surface area (Å²) in [5, 5.41) is 7.52. The average Bonchev–Trinajstić information content (AvgIpc) is 2.83. The number of sulfonamides is 1. The second-order valence-electron chi connectivity index (χ2n) is 7.84. The summed E-state index contributed by atoms with van der Waals surface area (Å²) in [6, 6.07) is 21.7. The van der Waals surface area contributed by atoms with Crippen molar-refractivity contribution in [2.75, 3.05) is 25.0 Å². The number of carbonyl (C=O) groups is 2. The van der Waals surface area contributed by atoms with E-state index < -0.39 is 15.9 Å². The summed E-state index contributed by atoms with van der Waals surface area (Å²) in [6.07, 6.45) is 1.17. The van der Waals surface area contributed by atoms with Gasteiger partial charge in [0.05, 0.1) is 17.4 Å². The second kappa shape index (κ2) is 9.50. The maximum Gasteiger partial charge on any atom is 0.243 e. The van der Waals surface area contributed by atoms with Crippen molar-refractivity contribution in [1.82, 2.24) is 9.62 Å². The maximum absolute atomic E-state index is 12.8. The lowest BCUT2D eigenvalue weighted by Crippen LogP contribution is -2.46. The van der Waals surface area contributed by atoms with Crippen LogP contribution in [0.5, 0.6) is 0 Å². The number of anilines is 1. The molecule has 1 saturated heterocycles. The Balaban J connectivity index is 1.32. The van der Waals surface area contributed by atoms with E-state index in [2.05, 4.69) is 10.6 Å². The lowest BCUT2D eigenvalue weighted by atomic mass is 9.99. The van der Waals surface area contributed by atoms with E-state index in [-0.39, 0.29) is 29.8 Å². The summed E-state index contributed by atoms with van der Waals surface area (Å²) < 4.78 is 27.0. The molecule has 4 rings (SSSR count). The Hall–Kier alpha value is -3.23. The van der Waals surface area contributed by atoms with Crippen LogP contribution in [0.2, 0.25) is 0 Å². The van der Waals surface area contributed by atoms with Gasteiger partial charge in [-0.05, 0) is 47.9 Å². The molecule has 0 spiro atoms. The summed E-state index contributed by atoms with van der Waals surface area (Å²) in [4.78, 5) is 25.2. The first-order valence-corrected chi connectivity index (χ1v) is 12.0. The minimum Gasteiger partial charge on any atom is -0.347 e. The Morgan fingerprint density at radius 1 is 0.938 bits per heavy atom. The summed E-state index contributed by atoms with van der Waals surface area (Å²) >= 11 is 0. The lowest BCUT2D eigenvalue weighted by molar-refractivity contribution is -0.128. The van der Waals surface area contributed by atoms with E-state index in [0.29, 0.717) is 25.1 Å². The number of hydrogen-bond donors (Lipinski definition) is 2. The zero-order chi connectivity index (χ0) is 22.6. The Labute approximate surface area is 187 Å². The van der Waals surface area contributed by atoms with E-state index in [1.54, 1.807) is 30.3 Å². The van der Waals surface area contributed by atoms with Crippen molar-refractivity contribution in [2.45, 2.75) is 17.7 Å². The molecule has 3 aromatic rings. The molecule has 1 aliphatic heterocycles. The van der Waals surface area contributed by atoms with Gasteiger partial charge >= 0.3 is 0 Å². The molecular formula is C24H25N3O4S. The third kappa shape index (κ3) is 4.98. The summed E-state index contributed by atoms with van der Waals surface area (Å²) in [6.45, 7) is 0.312. The molecule has 1 heterocycles. The van der Waals surface area contributed by atoms with Crippen LogP contribution in [0.4, 0.5) is 5.69 Å².